The second-order valence-corrected chi connectivity index (χ2v) is 11.6. The number of halogens is 4. The van der Waals surface area contributed by atoms with Crippen LogP contribution in [0.3, 0.4) is 0 Å². The summed E-state index contributed by atoms with van der Waals surface area (Å²) in [6.07, 6.45) is -1.58. The van der Waals surface area contributed by atoms with E-state index in [1.807, 2.05) is 0 Å². The Morgan fingerprint density at radius 1 is 1.02 bits per heavy atom. The number of esters is 1. The molecule has 43 heavy (non-hydrogen) atoms. The summed E-state index contributed by atoms with van der Waals surface area (Å²) < 4.78 is 61.3. The molecule has 2 aromatic carbocycles. The van der Waals surface area contributed by atoms with E-state index in [4.69, 9.17) is 10.5 Å². The number of anilines is 2. The molecule has 0 radical (unpaired) electrons. The van der Waals surface area contributed by atoms with Gasteiger partial charge in [0.2, 0.25) is 11.7 Å². The second-order valence-electron chi connectivity index (χ2n) is 11.6. The summed E-state index contributed by atoms with van der Waals surface area (Å²) in [6.45, 7) is 5.47. The lowest BCUT2D eigenvalue weighted by Crippen LogP contribution is -2.34. The highest BCUT2D eigenvalue weighted by atomic mass is 19.4. The van der Waals surface area contributed by atoms with E-state index in [1.54, 1.807) is 49.9 Å². The summed E-state index contributed by atoms with van der Waals surface area (Å²) >= 11 is 0. The molecule has 0 saturated heterocycles. The summed E-state index contributed by atoms with van der Waals surface area (Å²) in [5.41, 5.74) is 5.79. The molecule has 1 aliphatic rings. The van der Waals surface area contributed by atoms with Gasteiger partial charge in [0.25, 0.3) is 0 Å². The highest BCUT2D eigenvalue weighted by molar-refractivity contribution is 5.76. The zero-order chi connectivity index (χ0) is 31.4. The topological polar surface area (TPSA) is 110 Å². The van der Waals surface area contributed by atoms with E-state index in [2.05, 4.69) is 15.3 Å². The lowest BCUT2D eigenvalue weighted by Gasteiger charge is -2.34. The van der Waals surface area contributed by atoms with Crippen LogP contribution in [0.1, 0.15) is 74.8 Å². The van der Waals surface area contributed by atoms with Crippen molar-refractivity contribution in [1.82, 2.24) is 9.97 Å². The van der Waals surface area contributed by atoms with Gasteiger partial charge in [-0.2, -0.15) is 17.6 Å². The Bertz CT molecular complexity index is 1420. The maximum absolute atomic E-state index is 16.0. The van der Waals surface area contributed by atoms with E-state index in [0.717, 1.165) is 36.1 Å². The molecule has 1 aromatic heterocycles. The number of benzene rings is 2. The van der Waals surface area contributed by atoms with Gasteiger partial charge in [-0.15, -0.1) is 0 Å². The number of nitrogens with zero attached hydrogens (tertiary/aromatic N) is 3. The molecule has 8 nitrogen and oxygen atoms in total. The molecule has 1 heterocycles. The number of rotatable bonds is 12. The molecule has 1 aliphatic carbocycles. The summed E-state index contributed by atoms with van der Waals surface area (Å²) in [4.78, 5) is 33.8. The average Bonchev–Trinajstić information content (AvgIpc) is 3.75. The molecule has 1 unspecified atom stereocenters. The molecule has 230 valence electrons. The molecular formula is C31H35F4N5O3. The van der Waals surface area contributed by atoms with Crippen LogP contribution >= 0.6 is 0 Å². The Hall–Kier alpha value is -4.22. The van der Waals surface area contributed by atoms with Crippen LogP contribution in [0, 0.1) is 5.82 Å². The minimum atomic E-state index is -4.51. The number of nitrogens with two attached hydrogens (primary N) is 1. The minimum absolute atomic E-state index is 0.00843. The lowest BCUT2D eigenvalue weighted by atomic mass is 9.98. The molecule has 0 spiro atoms. The standard InChI is InChI=1S/C31H35F4N5O3/c1-30(2,3)43-26(42)15-14-24(21-8-10-22(11-9-21)31(33,34)35)40(23-12-13-23)29-27(32)28(38-18-39-29)37-17-20-6-4-19(5-7-20)16-25(36)41/h4-11,18,23-24H,12-17H2,1-3H3,(H2,36,41)(H,37,38,39). The summed E-state index contributed by atoms with van der Waals surface area (Å²) in [6, 6.07) is 11.0. The molecular weight excluding hydrogens is 566 g/mol. The van der Waals surface area contributed by atoms with E-state index in [9.17, 15) is 22.8 Å². The third-order valence-electron chi connectivity index (χ3n) is 6.82. The van der Waals surface area contributed by atoms with Gasteiger partial charge in [0.1, 0.15) is 11.9 Å². The smallest absolute Gasteiger partial charge is 0.416 e. The van der Waals surface area contributed by atoms with E-state index in [0.29, 0.717) is 5.56 Å². The van der Waals surface area contributed by atoms with Gasteiger partial charge in [-0.25, -0.2) is 9.97 Å². The van der Waals surface area contributed by atoms with E-state index >= 15 is 4.39 Å². The van der Waals surface area contributed by atoms with Crippen molar-refractivity contribution < 1.29 is 31.9 Å². The van der Waals surface area contributed by atoms with Gasteiger partial charge in [0, 0.05) is 19.0 Å². The summed E-state index contributed by atoms with van der Waals surface area (Å²) in [5, 5.41) is 2.98. The number of ether oxygens (including phenoxy) is 1. The maximum atomic E-state index is 16.0. The number of hydrogen-bond acceptors (Lipinski definition) is 7. The Morgan fingerprint density at radius 3 is 2.21 bits per heavy atom. The first-order chi connectivity index (χ1) is 20.2. The van der Waals surface area contributed by atoms with Crippen LogP contribution in [0.25, 0.3) is 0 Å². The predicted octanol–water partition coefficient (Wildman–Crippen LogP) is 6.11. The van der Waals surface area contributed by atoms with Crippen LogP contribution in [0.5, 0.6) is 0 Å². The second kappa shape index (κ2) is 13.0. The van der Waals surface area contributed by atoms with Gasteiger partial charge in [0.05, 0.1) is 18.0 Å². The van der Waals surface area contributed by atoms with Crippen LogP contribution in [-0.4, -0.2) is 33.5 Å². The SMILES string of the molecule is CC(C)(C)OC(=O)CCC(c1ccc(C(F)(F)F)cc1)N(c1ncnc(NCc2ccc(CC(N)=O)cc2)c1F)C1CC1. The Kier molecular flexibility index (Phi) is 9.56. The number of carbonyl (C=O) groups excluding carboxylic acids is 2. The van der Waals surface area contributed by atoms with Crippen molar-refractivity contribution in [1.29, 1.82) is 0 Å². The van der Waals surface area contributed by atoms with Gasteiger partial charge < -0.3 is 20.7 Å². The van der Waals surface area contributed by atoms with Crippen molar-refractivity contribution in [3.05, 3.63) is 82.9 Å². The number of nitrogens with one attached hydrogen (secondary N) is 1. The third kappa shape index (κ3) is 8.89. The van der Waals surface area contributed by atoms with Crippen LogP contribution in [0.4, 0.5) is 29.2 Å². The van der Waals surface area contributed by atoms with Gasteiger partial charge in [-0.1, -0.05) is 36.4 Å². The monoisotopic (exact) mass is 601 g/mol. The number of hydrogen-bond donors (Lipinski definition) is 2. The van der Waals surface area contributed by atoms with Crippen LogP contribution in [0.15, 0.2) is 54.9 Å². The Labute approximate surface area is 247 Å². The zero-order valence-electron chi connectivity index (χ0n) is 24.2. The third-order valence-corrected chi connectivity index (χ3v) is 6.82. The maximum Gasteiger partial charge on any atom is 0.416 e. The van der Waals surface area contributed by atoms with Crippen LogP contribution in [0.2, 0.25) is 0 Å². The van der Waals surface area contributed by atoms with Gasteiger partial charge in [-0.05, 0) is 68.9 Å². The largest absolute Gasteiger partial charge is 0.460 e. The van der Waals surface area contributed by atoms with Crippen molar-refractivity contribution in [2.75, 3.05) is 10.2 Å². The Morgan fingerprint density at radius 2 is 1.65 bits per heavy atom. The van der Waals surface area contributed by atoms with Crippen LogP contribution in [-0.2, 0) is 33.5 Å². The first-order valence-corrected chi connectivity index (χ1v) is 14.0. The fourth-order valence-corrected chi connectivity index (χ4v) is 4.76. The lowest BCUT2D eigenvalue weighted by molar-refractivity contribution is -0.155. The predicted molar refractivity (Wildman–Crippen MR) is 153 cm³/mol. The number of aromatic nitrogens is 2. The van der Waals surface area contributed by atoms with Crippen molar-refractivity contribution in [3.63, 3.8) is 0 Å². The normalized spacial score (nSPS) is 14.2. The molecule has 0 aliphatic heterocycles. The molecule has 1 fully saturated rings. The molecule has 4 rings (SSSR count). The quantitative estimate of drug-likeness (QED) is 0.191. The fraction of sp³-hybridized carbons (Fsp3) is 0.419. The number of amides is 1. The highest BCUT2D eigenvalue weighted by Gasteiger charge is 2.39. The van der Waals surface area contributed by atoms with Gasteiger partial charge in [0.15, 0.2) is 11.6 Å². The van der Waals surface area contributed by atoms with Crippen molar-refractivity contribution >= 4 is 23.5 Å². The fourth-order valence-electron chi connectivity index (χ4n) is 4.76. The molecule has 1 saturated carbocycles. The van der Waals surface area contributed by atoms with Crippen molar-refractivity contribution in [2.45, 2.75) is 83.3 Å². The van der Waals surface area contributed by atoms with Gasteiger partial charge >= 0.3 is 12.1 Å². The van der Waals surface area contributed by atoms with E-state index < -0.39 is 41.1 Å². The summed E-state index contributed by atoms with van der Waals surface area (Å²) in [5.74, 6) is -1.68. The molecule has 3 N–H and O–H groups in total. The number of alkyl halides is 3. The Balaban J connectivity index is 1.61. The molecule has 12 heteroatoms. The molecule has 3 aromatic rings. The van der Waals surface area contributed by atoms with E-state index in [-0.39, 0.29) is 43.5 Å². The zero-order valence-corrected chi connectivity index (χ0v) is 24.2. The van der Waals surface area contributed by atoms with Crippen molar-refractivity contribution in [3.8, 4) is 0 Å². The molecule has 1 amide bonds. The molecule has 0 bridgehead atoms. The highest BCUT2D eigenvalue weighted by Crippen LogP contribution is 2.42. The minimum Gasteiger partial charge on any atom is -0.460 e. The average molecular weight is 602 g/mol. The first-order valence-electron chi connectivity index (χ1n) is 14.0. The number of carbonyl (C=O) groups is 2. The van der Waals surface area contributed by atoms with Crippen molar-refractivity contribution in [2.24, 2.45) is 5.73 Å². The van der Waals surface area contributed by atoms with E-state index in [1.165, 1.54) is 18.5 Å². The summed E-state index contributed by atoms with van der Waals surface area (Å²) in [7, 11) is 0. The first kappa shape index (κ1) is 31.7. The van der Waals surface area contributed by atoms with Crippen LogP contribution < -0.4 is 16.0 Å². The van der Waals surface area contributed by atoms with Gasteiger partial charge in [-0.3, -0.25) is 9.59 Å². The molecule has 1 atom stereocenters. The number of primary amides is 1.